The standard InChI is InChI=1S/C21H17BrF3N5O4/c22-10-3-9-4-12(21(23,24)25)14(5-13(9)27-6-10)33-7-15-16(31)17(32)20(34-15)30-2-1-11-18(26)28-8-29-19(11)30/h1-6,8,15-17,20,31-32H,7H2,(H2,26,28,29)/t15-,16-,17-,20-/m1/s1. The molecule has 0 radical (unpaired) electrons. The van der Waals surface area contributed by atoms with Crippen molar-refractivity contribution in [2.45, 2.75) is 30.7 Å². The summed E-state index contributed by atoms with van der Waals surface area (Å²) in [6.45, 7) is -0.448. The monoisotopic (exact) mass is 539 g/mol. The van der Waals surface area contributed by atoms with Gasteiger partial charge in [0.15, 0.2) is 6.23 Å². The number of ether oxygens (including phenoxy) is 2. The maximum absolute atomic E-state index is 13.7. The molecular weight excluding hydrogens is 523 g/mol. The van der Waals surface area contributed by atoms with Crippen molar-refractivity contribution in [3.05, 3.63) is 53.0 Å². The summed E-state index contributed by atoms with van der Waals surface area (Å²) in [6, 6.07) is 5.28. The molecule has 0 bridgehead atoms. The number of benzene rings is 1. The molecule has 0 aliphatic carbocycles. The molecule has 1 fully saturated rings. The zero-order valence-electron chi connectivity index (χ0n) is 17.1. The number of nitrogen functional groups attached to an aromatic ring is 1. The Kier molecular flexibility index (Phi) is 5.59. The molecule has 4 aromatic rings. The van der Waals surface area contributed by atoms with Gasteiger partial charge in [-0.15, -0.1) is 0 Å². The highest BCUT2D eigenvalue weighted by molar-refractivity contribution is 9.10. The molecule has 34 heavy (non-hydrogen) atoms. The van der Waals surface area contributed by atoms with Crippen molar-refractivity contribution in [3.8, 4) is 5.75 Å². The molecule has 4 N–H and O–H groups in total. The van der Waals surface area contributed by atoms with Crippen LogP contribution in [0.25, 0.3) is 21.9 Å². The lowest BCUT2D eigenvalue weighted by Gasteiger charge is -2.19. The first kappa shape index (κ1) is 22.8. The maximum atomic E-state index is 13.7. The molecule has 178 valence electrons. The number of aromatic nitrogens is 4. The summed E-state index contributed by atoms with van der Waals surface area (Å²) in [5.41, 5.74) is 5.51. The van der Waals surface area contributed by atoms with Crippen LogP contribution in [0.2, 0.25) is 0 Å². The number of alkyl halides is 3. The number of nitrogens with two attached hydrogens (primary N) is 1. The fourth-order valence-corrected chi connectivity index (χ4v) is 4.28. The molecule has 1 aliphatic rings. The number of aliphatic hydroxyl groups excluding tert-OH is 2. The Labute approximate surface area is 198 Å². The molecule has 1 aliphatic heterocycles. The summed E-state index contributed by atoms with van der Waals surface area (Å²) in [4.78, 5) is 12.1. The highest BCUT2D eigenvalue weighted by atomic mass is 79.9. The molecule has 0 saturated carbocycles. The normalized spacial score (nSPS) is 23.1. The van der Waals surface area contributed by atoms with E-state index >= 15 is 0 Å². The van der Waals surface area contributed by atoms with Crippen LogP contribution in [0, 0.1) is 0 Å². The molecule has 0 amide bonds. The highest BCUT2D eigenvalue weighted by Gasteiger charge is 2.45. The Morgan fingerprint density at radius 3 is 2.71 bits per heavy atom. The van der Waals surface area contributed by atoms with Gasteiger partial charge < -0.3 is 30.0 Å². The minimum atomic E-state index is -4.69. The van der Waals surface area contributed by atoms with Crippen LogP contribution in [0.5, 0.6) is 5.75 Å². The van der Waals surface area contributed by atoms with E-state index in [9.17, 15) is 23.4 Å². The van der Waals surface area contributed by atoms with Gasteiger partial charge in [0, 0.05) is 28.3 Å². The second-order valence-corrected chi connectivity index (χ2v) is 8.68. The van der Waals surface area contributed by atoms with E-state index < -0.39 is 48.6 Å². The number of anilines is 1. The minimum Gasteiger partial charge on any atom is -0.490 e. The third kappa shape index (κ3) is 3.94. The summed E-state index contributed by atoms with van der Waals surface area (Å²) in [7, 11) is 0. The second-order valence-electron chi connectivity index (χ2n) is 7.77. The molecule has 4 atom stereocenters. The summed E-state index contributed by atoms with van der Waals surface area (Å²) in [5.74, 6) is -0.233. The first-order valence-electron chi connectivity index (χ1n) is 10.0. The molecule has 5 rings (SSSR count). The molecule has 13 heteroatoms. The quantitative estimate of drug-likeness (QED) is 0.361. The van der Waals surface area contributed by atoms with E-state index in [2.05, 4.69) is 30.9 Å². The average Bonchev–Trinajstić information content (AvgIpc) is 3.33. The molecule has 0 unspecified atom stereocenters. The molecule has 0 spiro atoms. The Hall–Kier alpha value is -3.00. The van der Waals surface area contributed by atoms with Crippen LogP contribution in [0.3, 0.4) is 0 Å². The predicted molar refractivity (Wildman–Crippen MR) is 118 cm³/mol. The molecule has 1 aromatic carbocycles. The maximum Gasteiger partial charge on any atom is 0.419 e. The van der Waals surface area contributed by atoms with E-state index in [0.29, 0.717) is 21.0 Å². The van der Waals surface area contributed by atoms with E-state index in [-0.39, 0.29) is 11.2 Å². The van der Waals surface area contributed by atoms with Crippen LogP contribution in [-0.2, 0) is 10.9 Å². The predicted octanol–water partition coefficient (Wildman–Crippen LogP) is 3.04. The van der Waals surface area contributed by atoms with E-state index in [4.69, 9.17) is 15.2 Å². The zero-order chi connectivity index (χ0) is 24.2. The van der Waals surface area contributed by atoms with Gasteiger partial charge >= 0.3 is 6.18 Å². The number of halogens is 4. The Balaban J connectivity index is 1.41. The van der Waals surface area contributed by atoms with Gasteiger partial charge in [-0.05, 0) is 34.1 Å². The third-order valence-corrected chi connectivity index (χ3v) is 6.04. The van der Waals surface area contributed by atoms with Crippen LogP contribution in [-0.4, -0.2) is 54.7 Å². The van der Waals surface area contributed by atoms with E-state index in [1.807, 2.05) is 0 Å². The minimum absolute atomic E-state index is 0.230. The Morgan fingerprint density at radius 1 is 1.15 bits per heavy atom. The van der Waals surface area contributed by atoms with Crippen molar-refractivity contribution in [2.24, 2.45) is 0 Å². The summed E-state index contributed by atoms with van der Waals surface area (Å²) >= 11 is 3.19. The number of fused-ring (bicyclic) bond motifs is 2. The molecule has 3 aromatic heterocycles. The first-order chi connectivity index (χ1) is 16.1. The van der Waals surface area contributed by atoms with Gasteiger partial charge in [0.1, 0.15) is 48.5 Å². The molecule has 4 heterocycles. The largest absolute Gasteiger partial charge is 0.490 e. The van der Waals surface area contributed by atoms with Crippen molar-refractivity contribution in [1.29, 1.82) is 0 Å². The summed E-state index contributed by atoms with van der Waals surface area (Å²) in [6.07, 6.45) is -5.41. The Bertz CT molecular complexity index is 1380. The number of hydrogen-bond donors (Lipinski definition) is 3. The van der Waals surface area contributed by atoms with E-state index in [1.54, 1.807) is 12.3 Å². The smallest absolute Gasteiger partial charge is 0.419 e. The Morgan fingerprint density at radius 2 is 1.94 bits per heavy atom. The van der Waals surface area contributed by atoms with Crippen molar-refractivity contribution in [2.75, 3.05) is 12.3 Å². The van der Waals surface area contributed by atoms with Gasteiger partial charge in [-0.3, -0.25) is 4.98 Å². The lowest BCUT2D eigenvalue weighted by atomic mass is 10.1. The third-order valence-electron chi connectivity index (χ3n) is 5.61. The SMILES string of the molecule is Nc1ncnc2c1ccn2[C@@H]1O[C@H](COc2cc3ncc(Br)cc3cc2C(F)(F)F)[C@@H](O)[C@H]1O. The lowest BCUT2D eigenvalue weighted by Crippen LogP contribution is -2.34. The molecule has 1 saturated heterocycles. The molecular formula is C21H17BrF3N5O4. The fourth-order valence-electron chi connectivity index (χ4n) is 3.94. The first-order valence-corrected chi connectivity index (χ1v) is 10.8. The van der Waals surface area contributed by atoms with Crippen LogP contribution in [0.15, 0.2) is 47.5 Å². The van der Waals surface area contributed by atoms with Crippen LogP contribution < -0.4 is 10.5 Å². The van der Waals surface area contributed by atoms with E-state index in [1.165, 1.54) is 29.2 Å². The number of rotatable bonds is 4. The van der Waals surface area contributed by atoms with Crippen molar-refractivity contribution in [3.63, 3.8) is 0 Å². The second kappa shape index (κ2) is 8.34. The van der Waals surface area contributed by atoms with Gasteiger partial charge in [0.2, 0.25) is 0 Å². The van der Waals surface area contributed by atoms with Crippen molar-refractivity contribution >= 4 is 43.7 Å². The van der Waals surface area contributed by atoms with Crippen LogP contribution >= 0.6 is 15.9 Å². The number of nitrogens with zero attached hydrogens (tertiary/aromatic N) is 4. The lowest BCUT2D eigenvalue weighted by molar-refractivity contribution is -0.139. The fraction of sp³-hybridized carbons (Fsp3) is 0.286. The number of hydrogen-bond acceptors (Lipinski definition) is 8. The van der Waals surface area contributed by atoms with Gasteiger partial charge in [0.25, 0.3) is 0 Å². The number of aliphatic hydroxyl groups is 2. The van der Waals surface area contributed by atoms with Crippen LogP contribution in [0.4, 0.5) is 19.0 Å². The van der Waals surface area contributed by atoms with Crippen LogP contribution in [0.1, 0.15) is 11.8 Å². The van der Waals surface area contributed by atoms with Crippen molar-refractivity contribution in [1.82, 2.24) is 19.5 Å². The average molecular weight is 540 g/mol. The van der Waals surface area contributed by atoms with Crippen molar-refractivity contribution < 1.29 is 32.9 Å². The number of pyridine rings is 1. The van der Waals surface area contributed by atoms with Gasteiger partial charge in [-0.2, -0.15) is 13.2 Å². The van der Waals surface area contributed by atoms with Gasteiger partial charge in [-0.1, -0.05) is 0 Å². The summed E-state index contributed by atoms with van der Waals surface area (Å²) in [5, 5.41) is 21.9. The van der Waals surface area contributed by atoms with Gasteiger partial charge in [0.05, 0.1) is 16.5 Å². The zero-order valence-corrected chi connectivity index (χ0v) is 18.7. The molecule has 9 nitrogen and oxygen atoms in total. The van der Waals surface area contributed by atoms with Gasteiger partial charge in [-0.25, -0.2) is 9.97 Å². The topological polar surface area (TPSA) is 129 Å². The highest BCUT2D eigenvalue weighted by Crippen LogP contribution is 2.40. The summed E-state index contributed by atoms with van der Waals surface area (Å²) < 4.78 is 54.3. The van der Waals surface area contributed by atoms with E-state index in [0.717, 1.165) is 6.07 Å².